The van der Waals surface area contributed by atoms with E-state index in [1.807, 2.05) is 6.07 Å². The van der Waals surface area contributed by atoms with Crippen LogP contribution in [-0.2, 0) is 5.41 Å². The van der Waals surface area contributed by atoms with Crippen molar-refractivity contribution in [3.8, 4) is 0 Å². The monoisotopic (exact) mass is 241 g/mol. The first kappa shape index (κ1) is 11.9. The minimum absolute atomic E-state index is 0.0183. The molecule has 16 heavy (non-hydrogen) atoms. The van der Waals surface area contributed by atoms with E-state index in [4.69, 9.17) is 17.3 Å². The highest BCUT2D eigenvalue weighted by Crippen LogP contribution is 2.42. The van der Waals surface area contributed by atoms with Gasteiger partial charge in [-0.15, -0.1) is 0 Å². The summed E-state index contributed by atoms with van der Waals surface area (Å²) in [6.45, 7) is 2.39. The molecule has 3 heteroatoms. The summed E-state index contributed by atoms with van der Waals surface area (Å²) in [5.41, 5.74) is 7.60. The normalized spacial score (nSPS) is 19.0. The summed E-state index contributed by atoms with van der Waals surface area (Å²) in [6, 6.07) is 3.59. The molecule has 0 amide bonds. The highest BCUT2D eigenvalue weighted by molar-refractivity contribution is 6.30. The van der Waals surface area contributed by atoms with Gasteiger partial charge in [-0.2, -0.15) is 0 Å². The van der Waals surface area contributed by atoms with Crippen molar-refractivity contribution in [3.05, 3.63) is 34.1 Å². The molecule has 1 aromatic carbocycles. The number of nitrogens with two attached hydrogens (primary N) is 1. The summed E-state index contributed by atoms with van der Waals surface area (Å²) in [6.07, 6.45) is 4.48. The van der Waals surface area contributed by atoms with E-state index in [2.05, 4.69) is 0 Å². The molecule has 0 saturated heterocycles. The fraction of sp³-hybridized carbons (Fsp3) is 0.538. The van der Waals surface area contributed by atoms with Gasteiger partial charge in [-0.25, -0.2) is 4.39 Å². The van der Waals surface area contributed by atoms with Gasteiger partial charge in [-0.05, 0) is 37.0 Å². The first-order chi connectivity index (χ1) is 7.60. The minimum Gasteiger partial charge on any atom is -0.330 e. The number of hydrogen-bond donors (Lipinski definition) is 1. The van der Waals surface area contributed by atoms with Crippen LogP contribution < -0.4 is 5.73 Å². The fourth-order valence-electron chi connectivity index (χ4n) is 2.86. The lowest BCUT2D eigenvalue weighted by molar-refractivity contribution is 0.446. The zero-order valence-electron chi connectivity index (χ0n) is 9.52. The molecular formula is C13H17ClFN. The van der Waals surface area contributed by atoms with Gasteiger partial charge in [-0.1, -0.05) is 30.5 Å². The van der Waals surface area contributed by atoms with Crippen LogP contribution in [-0.4, -0.2) is 6.54 Å². The molecule has 0 aliphatic heterocycles. The van der Waals surface area contributed by atoms with Crippen LogP contribution in [0.2, 0.25) is 5.02 Å². The van der Waals surface area contributed by atoms with Crippen LogP contribution in [0.4, 0.5) is 4.39 Å². The molecule has 2 N–H and O–H groups in total. The van der Waals surface area contributed by atoms with Gasteiger partial charge in [0.1, 0.15) is 5.82 Å². The van der Waals surface area contributed by atoms with E-state index in [1.165, 1.54) is 12.8 Å². The number of hydrogen-bond acceptors (Lipinski definition) is 1. The topological polar surface area (TPSA) is 26.0 Å². The highest BCUT2D eigenvalue weighted by atomic mass is 35.5. The van der Waals surface area contributed by atoms with Gasteiger partial charge in [0, 0.05) is 12.0 Å². The first-order valence-electron chi connectivity index (χ1n) is 5.76. The number of rotatable bonds is 2. The summed E-state index contributed by atoms with van der Waals surface area (Å²) < 4.78 is 13.8. The molecule has 1 saturated carbocycles. The molecule has 0 spiro atoms. The second kappa shape index (κ2) is 4.34. The van der Waals surface area contributed by atoms with E-state index in [0.717, 1.165) is 18.4 Å². The van der Waals surface area contributed by atoms with E-state index >= 15 is 0 Å². The zero-order chi connectivity index (χ0) is 11.8. The highest BCUT2D eigenvalue weighted by Gasteiger charge is 2.36. The molecule has 0 bridgehead atoms. The SMILES string of the molecule is Cc1c(C2(CN)CCCC2)ccc(Cl)c1F. The Hall–Kier alpha value is -0.600. The Morgan fingerprint density at radius 3 is 2.56 bits per heavy atom. The second-order valence-corrected chi connectivity index (χ2v) is 5.13. The molecule has 0 radical (unpaired) electrons. The maximum atomic E-state index is 13.8. The Balaban J connectivity index is 2.51. The molecule has 1 aliphatic carbocycles. The van der Waals surface area contributed by atoms with E-state index in [0.29, 0.717) is 12.1 Å². The molecule has 2 rings (SSSR count). The lowest BCUT2D eigenvalue weighted by atomic mass is 9.77. The summed E-state index contributed by atoms with van der Waals surface area (Å²) in [4.78, 5) is 0. The Kier molecular flexibility index (Phi) is 3.22. The predicted molar refractivity (Wildman–Crippen MR) is 65.3 cm³/mol. The lowest BCUT2D eigenvalue weighted by Gasteiger charge is -2.29. The molecule has 1 nitrogen and oxygen atoms in total. The van der Waals surface area contributed by atoms with Gasteiger partial charge in [-0.3, -0.25) is 0 Å². The fourth-order valence-corrected chi connectivity index (χ4v) is 3.07. The molecule has 1 fully saturated rings. The van der Waals surface area contributed by atoms with Crippen LogP contribution in [0.15, 0.2) is 12.1 Å². The summed E-state index contributed by atoms with van der Waals surface area (Å²) in [5, 5.41) is 0.200. The third kappa shape index (κ3) is 1.74. The number of benzene rings is 1. The maximum Gasteiger partial charge on any atom is 0.144 e. The zero-order valence-corrected chi connectivity index (χ0v) is 10.3. The molecule has 0 unspecified atom stereocenters. The van der Waals surface area contributed by atoms with Gasteiger partial charge in [0.05, 0.1) is 5.02 Å². The molecule has 0 atom stereocenters. The van der Waals surface area contributed by atoms with E-state index in [-0.39, 0.29) is 16.3 Å². The maximum absolute atomic E-state index is 13.8. The van der Waals surface area contributed by atoms with Gasteiger partial charge in [0.25, 0.3) is 0 Å². The third-order valence-corrected chi connectivity index (χ3v) is 4.15. The predicted octanol–water partition coefficient (Wildman–Crippen LogP) is 3.56. The molecule has 1 aliphatic rings. The molecule has 0 aromatic heterocycles. The van der Waals surface area contributed by atoms with Crippen molar-refractivity contribution in [2.24, 2.45) is 5.73 Å². The van der Waals surface area contributed by atoms with E-state index < -0.39 is 0 Å². The second-order valence-electron chi connectivity index (χ2n) is 4.73. The average Bonchev–Trinajstić information content (AvgIpc) is 2.76. The Morgan fingerprint density at radius 1 is 1.38 bits per heavy atom. The quantitative estimate of drug-likeness (QED) is 0.842. The van der Waals surface area contributed by atoms with Gasteiger partial charge in [0.15, 0.2) is 0 Å². The van der Waals surface area contributed by atoms with E-state index in [1.54, 1.807) is 13.0 Å². The van der Waals surface area contributed by atoms with Crippen molar-refractivity contribution >= 4 is 11.6 Å². The van der Waals surface area contributed by atoms with Crippen molar-refractivity contribution in [2.75, 3.05) is 6.54 Å². The van der Waals surface area contributed by atoms with Crippen molar-refractivity contribution in [3.63, 3.8) is 0 Å². The van der Waals surface area contributed by atoms with Crippen LogP contribution in [0.25, 0.3) is 0 Å². The lowest BCUT2D eigenvalue weighted by Crippen LogP contribution is -2.33. The summed E-state index contributed by atoms with van der Waals surface area (Å²) >= 11 is 5.77. The third-order valence-electron chi connectivity index (χ3n) is 3.86. The Bertz CT molecular complexity index is 397. The standard InChI is InChI=1S/C13H17ClFN/c1-9-10(4-5-11(14)12(9)15)13(8-16)6-2-3-7-13/h4-5H,2-3,6-8,16H2,1H3. The average molecular weight is 242 g/mol. The number of halogens is 2. The molecule has 0 heterocycles. The summed E-state index contributed by atoms with van der Waals surface area (Å²) in [5.74, 6) is -0.293. The van der Waals surface area contributed by atoms with E-state index in [9.17, 15) is 4.39 Å². The minimum atomic E-state index is -0.293. The van der Waals surface area contributed by atoms with Gasteiger partial charge >= 0.3 is 0 Å². The summed E-state index contributed by atoms with van der Waals surface area (Å²) in [7, 11) is 0. The molecule has 1 aromatic rings. The van der Waals surface area contributed by atoms with Crippen LogP contribution >= 0.6 is 11.6 Å². The Labute approximate surface area is 101 Å². The van der Waals surface area contributed by atoms with Crippen molar-refractivity contribution in [1.29, 1.82) is 0 Å². The first-order valence-corrected chi connectivity index (χ1v) is 6.14. The molecular weight excluding hydrogens is 225 g/mol. The largest absolute Gasteiger partial charge is 0.330 e. The molecule has 88 valence electrons. The van der Waals surface area contributed by atoms with Crippen molar-refractivity contribution in [1.82, 2.24) is 0 Å². The van der Waals surface area contributed by atoms with Crippen molar-refractivity contribution in [2.45, 2.75) is 38.0 Å². The van der Waals surface area contributed by atoms with Gasteiger partial charge < -0.3 is 5.73 Å². The van der Waals surface area contributed by atoms with Gasteiger partial charge in [0.2, 0.25) is 0 Å². The van der Waals surface area contributed by atoms with Crippen molar-refractivity contribution < 1.29 is 4.39 Å². The smallest absolute Gasteiger partial charge is 0.144 e. The Morgan fingerprint density at radius 2 is 2.00 bits per heavy atom. The van der Waals surface area contributed by atoms with Crippen LogP contribution in [0.1, 0.15) is 36.8 Å². The van der Waals surface area contributed by atoms with Crippen LogP contribution in [0.3, 0.4) is 0 Å². The van der Waals surface area contributed by atoms with Crippen LogP contribution in [0, 0.1) is 12.7 Å². The van der Waals surface area contributed by atoms with Crippen LogP contribution in [0.5, 0.6) is 0 Å².